The van der Waals surface area contributed by atoms with E-state index < -0.39 is 0 Å². The number of aryl methyl sites for hydroxylation is 2. The van der Waals surface area contributed by atoms with Crippen molar-refractivity contribution in [1.82, 2.24) is 14.9 Å². The molecular weight excluding hydrogens is 430 g/mol. The summed E-state index contributed by atoms with van der Waals surface area (Å²) >= 11 is 2.85. The number of aromatic nitrogens is 2. The van der Waals surface area contributed by atoms with E-state index in [9.17, 15) is 9.59 Å². The van der Waals surface area contributed by atoms with Gasteiger partial charge in [-0.05, 0) is 55.5 Å². The van der Waals surface area contributed by atoms with Gasteiger partial charge >= 0.3 is 0 Å². The van der Waals surface area contributed by atoms with Crippen molar-refractivity contribution in [3.05, 3.63) is 45.1 Å². The van der Waals surface area contributed by atoms with Gasteiger partial charge in [-0.25, -0.2) is 4.98 Å². The molecular formula is C23H23N3O3S2. The lowest BCUT2D eigenvalue weighted by Gasteiger charge is -2.13. The first-order valence-corrected chi connectivity index (χ1v) is 12.0. The Labute approximate surface area is 189 Å². The molecule has 4 rings (SSSR count). The number of thiophene rings is 1. The number of amides is 1. The van der Waals surface area contributed by atoms with Gasteiger partial charge in [0.25, 0.3) is 5.56 Å². The highest BCUT2D eigenvalue weighted by atomic mass is 32.2. The SMILES string of the molecule is C#CCNC(=O)CSc1nc2sc3c(c2c(=O)n1-c1ccc(OC)cc1)CCCCC3. The molecule has 3 aromatic rings. The van der Waals surface area contributed by atoms with E-state index in [-0.39, 0.29) is 23.8 Å². The van der Waals surface area contributed by atoms with Crippen LogP contribution in [0.3, 0.4) is 0 Å². The van der Waals surface area contributed by atoms with Crippen LogP contribution in [-0.4, -0.2) is 34.9 Å². The molecule has 1 aromatic carbocycles. The molecule has 0 saturated heterocycles. The summed E-state index contributed by atoms with van der Waals surface area (Å²) in [4.78, 5) is 32.7. The van der Waals surface area contributed by atoms with E-state index in [1.165, 1.54) is 23.1 Å². The van der Waals surface area contributed by atoms with Crippen molar-refractivity contribution >= 4 is 39.2 Å². The molecule has 1 aliphatic rings. The van der Waals surface area contributed by atoms with Crippen LogP contribution in [-0.2, 0) is 17.6 Å². The number of nitrogens with zero attached hydrogens (tertiary/aromatic N) is 2. The number of fused-ring (bicyclic) bond motifs is 3. The zero-order valence-corrected chi connectivity index (χ0v) is 18.9. The summed E-state index contributed by atoms with van der Waals surface area (Å²) in [7, 11) is 1.60. The van der Waals surface area contributed by atoms with Gasteiger partial charge in [-0.15, -0.1) is 17.8 Å². The van der Waals surface area contributed by atoms with Gasteiger partial charge in [-0.2, -0.15) is 0 Å². The first-order chi connectivity index (χ1) is 15.1. The van der Waals surface area contributed by atoms with E-state index in [0.717, 1.165) is 41.5 Å². The maximum absolute atomic E-state index is 13.7. The molecule has 2 aromatic heterocycles. The molecule has 1 N–H and O–H groups in total. The lowest BCUT2D eigenvalue weighted by molar-refractivity contribution is -0.118. The first-order valence-electron chi connectivity index (χ1n) is 10.2. The molecule has 0 spiro atoms. The summed E-state index contributed by atoms with van der Waals surface area (Å²) in [6.07, 6.45) is 10.5. The molecule has 160 valence electrons. The zero-order valence-electron chi connectivity index (χ0n) is 17.3. The second-order valence-corrected chi connectivity index (χ2v) is 9.27. The minimum Gasteiger partial charge on any atom is -0.497 e. The summed E-state index contributed by atoms with van der Waals surface area (Å²) in [5.41, 5.74) is 1.77. The number of ether oxygens (including phenoxy) is 1. The molecule has 31 heavy (non-hydrogen) atoms. The Morgan fingerprint density at radius 3 is 2.81 bits per heavy atom. The van der Waals surface area contributed by atoms with Crippen molar-refractivity contribution in [2.75, 3.05) is 19.4 Å². The van der Waals surface area contributed by atoms with Crippen LogP contribution in [0.5, 0.6) is 5.75 Å². The van der Waals surface area contributed by atoms with Crippen LogP contribution in [0.15, 0.2) is 34.2 Å². The van der Waals surface area contributed by atoms with Crippen molar-refractivity contribution in [2.24, 2.45) is 0 Å². The third-order valence-electron chi connectivity index (χ3n) is 5.26. The summed E-state index contributed by atoms with van der Waals surface area (Å²) in [6, 6.07) is 7.30. The Bertz CT molecular complexity index is 1210. The van der Waals surface area contributed by atoms with Crippen LogP contribution >= 0.6 is 23.1 Å². The fourth-order valence-corrected chi connectivity index (χ4v) is 5.89. The number of carbonyl (C=O) groups is 1. The maximum atomic E-state index is 13.7. The quantitative estimate of drug-likeness (QED) is 0.267. The number of hydrogen-bond donors (Lipinski definition) is 1. The number of rotatable bonds is 6. The van der Waals surface area contributed by atoms with Crippen LogP contribution in [0.4, 0.5) is 0 Å². The van der Waals surface area contributed by atoms with Crippen molar-refractivity contribution in [1.29, 1.82) is 0 Å². The topological polar surface area (TPSA) is 73.2 Å². The smallest absolute Gasteiger partial charge is 0.267 e. The molecule has 6 nitrogen and oxygen atoms in total. The second kappa shape index (κ2) is 9.58. The molecule has 0 saturated carbocycles. The molecule has 8 heteroatoms. The Morgan fingerprint density at radius 2 is 2.06 bits per heavy atom. The van der Waals surface area contributed by atoms with Crippen molar-refractivity contribution < 1.29 is 9.53 Å². The van der Waals surface area contributed by atoms with E-state index in [4.69, 9.17) is 16.1 Å². The Hall–Kier alpha value is -2.76. The number of nitrogens with one attached hydrogen (secondary N) is 1. The summed E-state index contributed by atoms with van der Waals surface area (Å²) in [6.45, 7) is 0.175. The highest BCUT2D eigenvalue weighted by Crippen LogP contribution is 2.34. The number of terminal acetylenes is 1. The van der Waals surface area contributed by atoms with Crippen molar-refractivity contribution in [2.45, 2.75) is 37.3 Å². The molecule has 0 unspecified atom stereocenters. The van der Waals surface area contributed by atoms with Crippen LogP contribution < -0.4 is 15.6 Å². The fourth-order valence-electron chi connectivity index (χ4n) is 3.75. The monoisotopic (exact) mass is 453 g/mol. The van der Waals surface area contributed by atoms with Gasteiger partial charge in [-0.3, -0.25) is 14.2 Å². The highest BCUT2D eigenvalue weighted by Gasteiger charge is 2.22. The van der Waals surface area contributed by atoms with Gasteiger partial charge in [0.1, 0.15) is 10.6 Å². The lowest BCUT2D eigenvalue weighted by Crippen LogP contribution is -2.26. The van der Waals surface area contributed by atoms with Crippen LogP contribution in [0.25, 0.3) is 15.9 Å². The predicted molar refractivity (Wildman–Crippen MR) is 126 cm³/mol. The number of hydrogen-bond acceptors (Lipinski definition) is 6. The molecule has 1 amide bonds. The van der Waals surface area contributed by atoms with E-state index >= 15 is 0 Å². The van der Waals surface area contributed by atoms with Gasteiger partial charge in [0.05, 0.1) is 30.5 Å². The third-order valence-corrected chi connectivity index (χ3v) is 7.38. The summed E-state index contributed by atoms with van der Waals surface area (Å²) in [5.74, 6) is 3.03. The van der Waals surface area contributed by atoms with Crippen LogP contribution in [0.2, 0.25) is 0 Å². The second-order valence-electron chi connectivity index (χ2n) is 7.25. The number of thioether (sulfide) groups is 1. The minimum absolute atomic E-state index is 0.0823. The predicted octanol–water partition coefficient (Wildman–Crippen LogP) is 3.57. The average molecular weight is 454 g/mol. The van der Waals surface area contributed by atoms with E-state index in [2.05, 4.69) is 11.2 Å². The fraction of sp³-hybridized carbons (Fsp3) is 0.348. The Kier molecular flexibility index (Phi) is 6.64. The van der Waals surface area contributed by atoms with Crippen LogP contribution in [0, 0.1) is 12.3 Å². The third kappa shape index (κ3) is 4.48. The van der Waals surface area contributed by atoms with E-state index in [1.54, 1.807) is 23.0 Å². The number of benzene rings is 1. The van der Waals surface area contributed by atoms with Gasteiger partial charge in [0, 0.05) is 4.88 Å². The average Bonchev–Trinajstić information content (AvgIpc) is 2.97. The van der Waals surface area contributed by atoms with Crippen LogP contribution in [0.1, 0.15) is 29.7 Å². The largest absolute Gasteiger partial charge is 0.497 e. The van der Waals surface area contributed by atoms with E-state index in [1.807, 2.05) is 24.3 Å². The Morgan fingerprint density at radius 1 is 1.29 bits per heavy atom. The number of carbonyl (C=O) groups excluding carboxylic acids is 1. The van der Waals surface area contributed by atoms with Crippen molar-refractivity contribution in [3.8, 4) is 23.8 Å². The van der Waals surface area contributed by atoms with Crippen molar-refractivity contribution in [3.63, 3.8) is 0 Å². The molecule has 0 fully saturated rings. The Balaban J connectivity index is 1.82. The van der Waals surface area contributed by atoms with Gasteiger partial charge in [-0.1, -0.05) is 24.1 Å². The summed E-state index contributed by atoms with van der Waals surface area (Å²) < 4.78 is 6.86. The first kappa shape index (κ1) is 21.5. The molecule has 0 radical (unpaired) electrons. The zero-order chi connectivity index (χ0) is 21.8. The molecule has 0 aliphatic heterocycles. The van der Waals surface area contributed by atoms with Gasteiger partial charge in [0.15, 0.2) is 5.16 Å². The minimum atomic E-state index is -0.194. The van der Waals surface area contributed by atoms with E-state index in [0.29, 0.717) is 16.6 Å². The molecule has 1 aliphatic carbocycles. The maximum Gasteiger partial charge on any atom is 0.267 e. The summed E-state index contributed by atoms with van der Waals surface area (Å²) in [5, 5.41) is 3.87. The highest BCUT2D eigenvalue weighted by molar-refractivity contribution is 7.99. The standard InChI is InChI=1S/C23H23N3O3S2/c1-3-13-24-19(27)14-30-23-25-21-20(17-7-5-4-6-8-18(17)31-21)22(28)26(23)15-9-11-16(29-2)12-10-15/h1,9-12H,4-8,13-14H2,2H3,(H,24,27). The molecule has 0 atom stereocenters. The lowest BCUT2D eigenvalue weighted by atomic mass is 10.1. The van der Waals surface area contributed by atoms with Gasteiger partial charge < -0.3 is 10.1 Å². The normalized spacial score (nSPS) is 13.3. The molecule has 0 bridgehead atoms. The molecule has 2 heterocycles. The number of methoxy groups -OCH3 is 1. The van der Waals surface area contributed by atoms with Gasteiger partial charge in [0.2, 0.25) is 5.91 Å².